The van der Waals surface area contributed by atoms with Crippen molar-refractivity contribution in [2.45, 2.75) is 46.5 Å². The van der Waals surface area contributed by atoms with Gasteiger partial charge >= 0.3 is 17.9 Å². The van der Waals surface area contributed by atoms with Crippen molar-refractivity contribution in [3.05, 3.63) is 71.8 Å². The second kappa shape index (κ2) is 14.0. The number of ether oxygens (including phenoxy) is 2. The Balaban J connectivity index is 2.18. The van der Waals surface area contributed by atoms with Crippen LogP contribution in [0.1, 0.15) is 44.7 Å². The van der Waals surface area contributed by atoms with E-state index in [1.165, 1.54) is 0 Å². The Morgan fingerprint density at radius 3 is 1.86 bits per heavy atom. The molecule has 1 amide bonds. The van der Waals surface area contributed by atoms with Crippen LogP contribution in [0.4, 0.5) is 0 Å². The fourth-order valence-corrected chi connectivity index (χ4v) is 3.60. The Morgan fingerprint density at radius 2 is 1.36 bits per heavy atom. The Morgan fingerprint density at radius 1 is 0.833 bits per heavy atom. The van der Waals surface area contributed by atoms with Crippen LogP contribution in [0, 0.1) is 17.3 Å². The minimum Gasteiger partial charge on any atom is -0.481 e. The normalized spacial score (nSPS) is 12.8. The van der Waals surface area contributed by atoms with Gasteiger partial charge in [0.05, 0.1) is 17.8 Å². The van der Waals surface area contributed by atoms with Crippen LogP contribution in [0.25, 0.3) is 0 Å². The number of carboxylic acid groups (broad SMARTS) is 1. The number of benzene rings is 2. The molecule has 0 aliphatic heterocycles. The number of carbonyl (C=O) groups is 4. The number of rotatable bonds is 13. The number of amides is 1. The first kappa shape index (κ1) is 28.6. The van der Waals surface area contributed by atoms with Gasteiger partial charge in [-0.3, -0.25) is 19.2 Å². The highest BCUT2D eigenvalue weighted by Gasteiger charge is 2.30. The quantitative estimate of drug-likeness (QED) is 0.319. The van der Waals surface area contributed by atoms with Gasteiger partial charge in [0.1, 0.15) is 0 Å². The Labute approximate surface area is 212 Å². The summed E-state index contributed by atoms with van der Waals surface area (Å²) in [5.74, 6) is -3.68. The maximum absolute atomic E-state index is 13.1. The van der Waals surface area contributed by atoms with Crippen LogP contribution in [-0.2, 0) is 41.5 Å². The van der Waals surface area contributed by atoms with Gasteiger partial charge in [0.25, 0.3) is 0 Å². The summed E-state index contributed by atoms with van der Waals surface area (Å²) < 4.78 is 10.4. The highest BCUT2D eigenvalue weighted by molar-refractivity contribution is 5.81. The Kier molecular flexibility index (Phi) is 11.1. The second-order valence-corrected chi connectivity index (χ2v) is 9.71. The van der Waals surface area contributed by atoms with Gasteiger partial charge in [-0.05, 0) is 51.2 Å². The summed E-state index contributed by atoms with van der Waals surface area (Å²) in [7, 11) is 0. The first-order valence-electron chi connectivity index (χ1n) is 12.0. The summed E-state index contributed by atoms with van der Waals surface area (Å²) in [5, 5.41) is 11.6. The van der Waals surface area contributed by atoms with E-state index in [2.05, 4.69) is 5.32 Å². The number of hydrogen-bond donors (Lipinski definition) is 2. The van der Waals surface area contributed by atoms with Crippen molar-refractivity contribution >= 4 is 23.8 Å². The summed E-state index contributed by atoms with van der Waals surface area (Å²) in [6.45, 7) is 4.59. The van der Waals surface area contributed by atoms with Gasteiger partial charge < -0.3 is 19.9 Å². The fraction of sp³-hybridized carbons (Fsp3) is 0.429. The smallest absolute Gasteiger partial charge is 0.314 e. The summed E-state index contributed by atoms with van der Waals surface area (Å²) >= 11 is 0. The molecule has 0 spiro atoms. The summed E-state index contributed by atoms with van der Waals surface area (Å²) in [4.78, 5) is 49.0. The average molecular weight is 498 g/mol. The molecule has 0 saturated carbocycles. The summed E-state index contributed by atoms with van der Waals surface area (Å²) in [6.07, 6.45) is 0.686. The molecule has 2 unspecified atom stereocenters. The van der Waals surface area contributed by atoms with Gasteiger partial charge in [0, 0.05) is 12.5 Å². The number of carboxylic acids is 1. The highest BCUT2D eigenvalue weighted by atomic mass is 16.7. The number of esters is 2. The van der Waals surface area contributed by atoms with E-state index in [0.29, 0.717) is 12.8 Å². The highest BCUT2D eigenvalue weighted by Crippen LogP contribution is 2.23. The SMILES string of the molecule is CC(C)(C)C(=O)OCOC(=O)C(Cc1ccccc1)CC(Cc1ccccc1)C(=O)NCCC(=O)O. The number of hydrogen-bond acceptors (Lipinski definition) is 6. The molecule has 2 aromatic rings. The molecule has 36 heavy (non-hydrogen) atoms. The van der Waals surface area contributed by atoms with Crippen LogP contribution in [0.3, 0.4) is 0 Å². The van der Waals surface area contributed by atoms with Gasteiger partial charge in [-0.1, -0.05) is 60.7 Å². The van der Waals surface area contributed by atoms with Gasteiger partial charge in [0.2, 0.25) is 12.7 Å². The van der Waals surface area contributed by atoms with Gasteiger partial charge in [-0.2, -0.15) is 0 Å². The third kappa shape index (κ3) is 10.3. The molecule has 0 aliphatic carbocycles. The summed E-state index contributed by atoms with van der Waals surface area (Å²) in [6, 6.07) is 18.8. The van der Waals surface area contributed by atoms with Crippen molar-refractivity contribution in [3.8, 4) is 0 Å². The number of carbonyl (C=O) groups excluding carboxylic acids is 3. The third-order valence-electron chi connectivity index (χ3n) is 5.56. The van der Waals surface area contributed by atoms with Gasteiger partial charge in [-0.25, -0.2) is 0 Å². The van der Waals surface area contributed by atoms with Crippen molar-refractivity contribution in [2.75, 3.05) is 13.3 Å². The zero-order valence-electron chi connectivity index (χ0n) is 21.1. The van der Waals surface area contributed by atoms with E-state index in [9.17, 15) is 19.2 Å². The van der Waals surface area contributed by atoms with E-state index >= 15 is 0 Å². The first-order valence-corrected chi connectivity index (χ1v) is 12.0. The zero-order valence-corrected chi connectivity index (χ0v) is 21.1. The lowest BCUT2D eigenvalue weighted by atomic mass is 9.85. The van der Waals surface area contributed by atoms with Crippen LogP contribution in [-0.4, -0.2) is 42.3 Å². The Hall–Kier alpha value is -3.68. The molecule has 0 aliphatic rings. The summed E-state index contributed by atoms with van der Waals surface area (Å²) in [5.41, 5.74) is 1.09. The maximum atomic E-state index is 13.1. The van der Waals surface area contributed by atoms with Crippen molar-refractivity contribution in [2.24, 2.45) is 17.3 Å². The molecule has 8 nitrogen and oxygen atoms in total. The predicted octanol–water partition coefficient (Wildman–Crippen LogP) is 3.78. The van der Waals surface area contributed by atoms with E-state index in [-0.39, 0.29) is 25.3 Å². The van der Waals surface area contributed by atoms with E-state index in [1.54, 1.807) is 20.8 Å². The van der Waals surface area contributed by atoms with E-state index in [0.717, 1.165) is 11.1 Å². The average Bonchev–Trinajstić information content (AvgIpc) is 2.83. The molecule has 0 bridgehead atoms. The van der Waals surface area contributed by atoms with Crippen LogP contribution >= 0.6 is 0 Å². The van der Waals surface area contributed by atoms with E-state index in [4.69, 9.17) is 14.6 Å². The topological polar surface area (TPSA) is 119 Å². The van der Waals surface area contributed by atoms with E-state index < -0.39 is 42.0 Å². The predicted molar refractivity (Wildman–Crippen MR) is 134 cm³/mol. The molecular formula is C28H35NO7. The molecule has 2 atom stereocenters. The van der Waals surface area contributed by atoms with Crippen LogP contribution in [0.2, 0.25) is 0 Å². The van der Waals surface area contributed by atoms with Crippen molar-refractivity contribution in [1.82, 2.24) is 5.32 Å². The van der Waals surface area contributed by atoms with Crippen LogP contribution < -0.4 is 5.32 Å². The molecule has 0 aromatic heterocycles. The lowest BCUT2D eigenvalue weighted by Crippen LogP contribution is -2.36. The van der Waals surface area contributed by atoms with Crippen molar-refractivity contribution in [3.63, 3.8) is 0 Å². The minimum absolute atomic E-state index is 0.00396. The lowest BCUT2D eigenvalue weighted by molar-refractivity contribution is -0.175. The van der Waals surface area contributed by atoms with Crippen LogP contribution in [0.5, 0.6) is 0 Å². The Bertz CT molecular complexity index is 1000. The molecule has 0 radical (unpaired) electrons. The molecule has 0 fully saturated rings. The standard InChI is InChI=1S/C28H35NO7/c1-28(2,3)27(34)36-19-35-26(33)23(17-21-12-8-5-9-13-21)18-22(16-20-10-6-4-7-11-20)25(32)29-15-14-24(30)31/h4-13,22-23H,14-19H2,1-3H3,(H,29,32)(H,30,31). The first-order chi connectivity index (χ1) is 17.1. The molecule has 8 heteroatoms. The van der Waals surface area contributed by atoms with E-state index in [1.807, 2.05) is 60.7 Å². The molecule has 2 N–H and O–H groups in total. The lowest BCUT2D eigenvalue weighted by Gasteiger charge is -2.23. The zero-order chi connectivity index (χ0) is 26.6. The molecular weight excluding hydrogens is 462 g/mol. The fourth-order valence-electron chi connectivity index (χ4n) is 3.60. The molecule has 0 heterocycles. The largest absolute Gasteiger partial charge is 0.481 e. The number of aliphatic carboxylic acids is 1. The third-order valence-corrected chi connectivity index (χ3v) is 5.56. The second-order valence-electron chi connectivity index (χ2n) is 9.71. The maximum Gasteiger partial charge on any atom is 0.314 e. The number of nitrogens with one attached hydrogen (secondary N) is 1. The molecule has 2 aromatic carbocycles. The minimum atomic E-state index is -1.01. The molecule has 2 rings (SSSR count). The van der Waals surface area contributed by atoms with Crippen LogP contribution in [0.15, 0.2) is 60.7 Å². The van der Waals surface area contributed by atoms with Crippen molar-refractivity contribution < 1.29 is 33.8 Å². The monoisotopic (exact) mass is 497 g/mol. The molecule has 0 saturated heterocycles. The van der Waals surface area contributed by atoms with Gasteiger partial charge in [0.15, 0.2) is 0 Å². The molecule has 194 valence electrons. The van der Waals surface area contributed by atoms with Crippen molar-refractivity contribution in [1.29, 1.82) is 0 Å². The van der Waals surface area contributed by atoms with Gasteiger partial charge in [-0.15, -0.1) is 0 Å².